The molecule has 0 bridgehead atoms. The van der Waals surface area contributed by atoms with Crippen LogP contribution >= 0.6 is 0 Å². The molecule has 1 aliphatic rings. The first-order chi connectivity index (χ1) is 5.70. The number of hydrogen-bond acceptors (Lipinski definition) is 3. The molecule has 1 aromatic heterocycles. The van der Waals surface area contributed by atoms with E-state index in [1.807, 2.05) is 6.92 Å². The highest BCUT2D eigenvalue weighted by atomic mass is 16.5. The number of hydrogen-bond donors (Lipinski definition) is 1. The van der Waals surface area contributed by atoms with Crippen LogP contribution in [0.15, 0.2) is 17.0 Å². The number of carbonyl (C=O) groups is 1. The lowest BCUT2D eigenvalue weighted by Crippen LogP contribution is -2.33. The molecule has 0 saturated heterocycles. The number of amides is 1. The van der Waals surface area contributed by atoms with Crippen molar-refractivity contribution in [2.45, 2.75) is 25.3 Å². The molecular formula is C8H10N2O2. The summed E-state index contributed by atoms with van der Waals surface area (Å²) in [6.45, 7) is 2.03. The van der Waals surface area contributed by atoms with Gasteiger partial charge < -0.3 is 9.84 Å². The van der Waals surface area contributed by atoms with E-state index in [9.17, 15) is 4.79 Å². The zero-order valence-electron chi connectivity index (χ0n) is 6.83. The molecule has 0 unspecified atom stereocenters. The number of nitrogens with zero attached hydrogens (tertiary/aromatic N) is 1. The number of rotatable bonds is 2. The molecule has 0 atom stereocenters. The van der Waals surface area contributed by atoms with Crippen LogP contribution < -0.4 is 5.32 Å². The van der Waals surface area contributed by atoms with Gasteiger partial charge in [-0.2, -0.15) is 0 Å². The predicted octanol–water partition coefficient (Wildman–Crippen LogP) is 0.957. The van der Waals surface area contributed by atoms with Crippen LogP contribution in [0.2, 0.25) is 0 Å². The van der Waals surface area contributed by atoms with Crippen LogP contribution in [0.25, 0.3) is 0 Å². The van der Waals surface area contributed by atoms with Gasteiger partial charge in [-0.3, -0.25) is 4.79 Å². The second kappa shape index (κ2) is 2.33. The Hall–Kier alpha value is -1.32. The van der Waals surface area contributed by atoms with Crippen LogP contribution in [0.4, 0.5) is 0 Å². The Morgan fingerprint density at radius 1 is 1.75 bits per heavy atom. The molecule has 0 aliphatic heterocycles. The first-order valence-corrected chi connectivity index (χ1v) is 3.92. The van der Waals surface area contributed by atoms with E-state index in [4.69, 9.17) is 0 Å². The van der Waals surface area contributed by atoms with Crippen molar-refractivity contribution in [2.24, 2.45) is 0 Å². The van der Waals surface area contributed by atoms with Gasteiger partial charge in [-0.15, -0.1) is 0 Å². The fraction of sp³-hybridized carbons (Fsp3) is 0.500. The van der Waals surface area contributed by atoms with Gasteiger partial charge in [-0.1, -0.05) is 5.16 Å². The van der Waals surface area contributed by atoms with E-state index in [1.165, 1.54) is 12.5 Å². The summed E-state index contributed by atoms with van der Waals surface area (Å²) >= 11 is 0. The lowest BCUT2D eigenvalue weighted by molar-refractivity contribution is 0.0935. The lowest BCUT2D eigenvalue weighted by atomic mass is 10.3. The molecule has 0 spiro atoms. The molecule has 4 heteroatoms. The van der Waals surface area contributed by atoms with Crippen molar-refractivity contribution in [1.29, 1.82) is 0 Å². The Bertz CT molecular complexity index is 288. The molecule has 4 nitrogen and oxygen atoms in total. The minimum absolute atomic E-state index is 0.0222. The molecule has 1 fully saturated rings. The Labute approximate surface area is 69.9 Å². The van der Waals surface area contributed by atoms with E-state index >= 15 is 0 Å². The normalized spacial score (nSPS) is 18.8. The Kier molecular flexibility index (Phi) is 1.43. The van der Waals surface area contributed by atoms with Crippen molar-refractivity contribution in [3.63, 3.8) is 0 Å². The lowest BCUT2D eigenvalue weighted by Gasteiger charge is -2.08. The zero-order valence-corrected chi connectivity index (χ0v) is 6.83. The van der Waals surface area contributed by atoms with Crippen LogP contribution in [0.1, 0.15) is 30.1 Å². The molecular weight excluding hydrogens is 156 g/mol. The van der Waals surface area contributed by atoms with Gasteiger partial charge in [0.15, 0.2) is 0 Å². The second-order valence-corrected chi connectivity index (χ2v) is 3.43. The van der Waals surface area contributed by atoms with Crippen LogP contribution in [0.3, 0.4) is 0 Å². The number of aromatic nitrogens is 1. The smallest absolute Gasteiger partial charge is 0.256 e. The summed E-state index contributed by atoms with van der Waals surface area (Å²) in [6, 6.07) is 0. The Morgan fingerprint density at radius 2 is 2.50 bits per heavy atom. The van der Waals surface area contributed by atoms with Crippen molar-refractivity contribution in [2.75, 3.05) is 0 Å². The topological polar surface area (TPSA) is 55.1 Å². The highest BCUT2D eigenvalue weighted by Gasteiger charge is 2.38. The van der Waals surface area contributed by atoms with E-state index in [1.54, 1.807) is 0 Å². The van der Waals surface area contributed by atoms with E-state index in [-0.39, 0.29) is 11.4 Å². The quantitative estimate of drug-likeness (QED) is 0.711. The fourth-order valence-electron chi connectivity index (χ4n) is 0.976. The molecule has 1 heterocycles. The second-order valence-electron chi connectivity index (χ2n) is 3.43. The average molecular weight is 166 g/mol. The van der Waals surface area contributed by atoms with Crippen LogP contribution in [-0.4, -0.2) is 16.6 Å². The molecule has 0 aromatic carbocycles. The number of carbonyl (C=O) groups excluding carboxylic acids is 1. The summed E-state index contributed by atoms with van der Waals surface area (Å²) in [5, 5.41) is 6.35. The Morgan fingerprint density at radius 3 is 3.00 bits per heavy atom. The highest BCUT2D eigenvalue weighted by Crippen LogP contribution is 2.34. The van der Waals surface area contributed by atoms with Crippen molar-refractivity contribution in [3.05, 3.63) is 18.0 Å². The van der Waals surface area contributed by atoms with Crippen LogP contribution in [-0.2, 0) is 0 Å². The molecule has 1 saturated carbocycles. The first kappa shape index (κ1) is 7.34. The third-order valence-corrected chi connectivity index (χ3v) is 2.11. The van der Waals surface area contributed by atoms with E-state index in [0.29, 0.717) is 5.56 Å². The SMILES string of the molecule is CC1(NC(=O)c2cnoc2)CC1. The largest absolute Gasteiger partial charge is 0.364 e. The maximum absolute atomic E-state index is 11.4. The summed E-state index contributed by atoms with van der Waals surface area (Å²) in [4.78, 5) is 11.4. The van der Waals surface area contributed by atoms with Gasteiger partial charge in [-0.25, -0.2) is 0 Å². The van der Waals surface area contributed by atoms with Crippen molar-refractivity contribution in [3.8, 4) is 0 Å². The van der Waals surface area contributed by atoms with Gasteiger partial charge in [0.25, 0.3) is 5.91 Å². The maximum atomic E-state index is 11.4. The number of nitrogens with one attached hydrogen (secondary N) is 1. The van der Waals surface area contributed by atoms with E-state index < -0.39 is 0 Å². The fourth-order valence-corrected chi connectivity index (χ4v) is 0.976. The Balaban J connectivity index is 2.02. The molecule has 0 radical (unpaired) electrons. The summed E-state index contributed by atoms with van der Waals surface area (Å²) in [6.07, 6.45) is 4.89. The van der Waals surface area contributed by atoms with Crippen LogP contribution in [0.5, 0.6) is 0 Å². The van der Waals surface area contributed by atoms with Gasteiger partial charge >= 0.3 is 0 Å². The minimum atomic E-state index is -0.101. The van der Waals surface area contributed by atoms with E-state index in [0.717, 1.165) is 12.8 Å². The maximum Gasteiger partial charge on any atom is 0.256 e. The first-order valence-electron chi connectivity index (χ1n) is 3.92. The predicted molar refractivity (Wildman–Crippen MR) is 41.6 cm³/mol. The van der Waals surface area contributed by atoms with Gasteiger partial charge in [0, 0.05) is 5.54 Å². The van der Waals surface area contributed by atoms with E-state index in [2.05, 4.69) is 15.0 Å². The average Bonchev–Trinajstić information content (AvgIpc) is 2.55. The van der Waals surface area contributed by atoms with Crippen molar-refractivity contribution < 1.29 is 9.32 Å². The molecule has 64 valence electrons. The molecule has 1 aromatic rings. The zero-order chi connectivity index (χ0) is 8.60. The third-order valence-electron chi connectivity index (χ3n) is 2.11. The van der Waals surface area contributed by atoms with Gasteiger partial charge in [0.1, 0.15) is 6.26 Å². The molecule has 2 rings (SSSR count). The molecule has 1 N–H and O–H groups in total. The van der Waals surface area contributed by atoms with Gasteiger partial charge in [0.2, 0.25) is 0 Å². The monoisotopic (exact) mass is 166 g/mol. The van der Waals surface area contributed by atoms with Crippen molar-refractivity contribution >= 4 is 5.91 Å². The third kappa shape index (κ3) is 1.32. The molecule has 12 heavy (non-hydrogen) atoms. The summed E-state index contributed by atoms with van der Waals surface area (Å²) in [5.74, 6) is -0.101. The summed E-state index contributed by atoms with van der Waals surface area (Å²) in [5.41, 5.74) is 0.511. The van der Waals surface area contributed by atoms with Gasteiger partial charge in [-0.05, 0) is 19.8 Å². The minimum Gasteiger partial charge on any atom is -0.364 e. The summed E-state index contributed by atoms with van der Waals surface area (Å²) < 4.78 is 4.56. The van der Waals surface area contributed by atoms with Crippen molar-refractivity contribution in [1.82, 2.24) is 10.5 Å². The van der Waals surface area contributed by atoms with Gasteiger partial charge in [0.05, 0.1) is 11.8 Å². The highest BCUT2D eigenvalue weighted by molar-refractivity contribution is 5.94. The summed E-state index contributed by atoms with van der Waals surface area (Å²) in [7, 11) is 0. The molecule has 1 aliphatic carbocycles. The molecule has 1 amide bonds. The standard InChI is InChI=1S/C8H10N2O2/c1-8(2-3-8)10-7(11)6-4-9-12-5-6/h4-5H,2-3H2,1H3,(H,10,11). The van der Waals surface area contributed by atoms with Crippen LogP contribution in [0, 0.1) is 0 Å².